The number of piperidine rings is 1. The van der Waals surface area contributed by atoms with E-state index < -0.39 is 10.0 Å². The van der Waals surface area contributed by atoms with Crippen LogP contribution < -0.4 is 0 Å². The van der Waals surface area contributed by atoms with Crippen LogP contribution in [0, 0.1) is 13.8 Å². The first kappa shape index (κ1) is 14.8. The van der Waals surface area contributed by atoms with Gasteiger partial charge in [0.2, 0.25) is 10.0 Å². The zero-order valence-corrected chi connectivity index (χ0v) is 12.6. The number of aliphatic hydroxyl groups excluding tert-OH is 1. The second-order valence-corrected chi connectivity index (χ2v) is 7.32. The molecule has 1 saturated heterocycles. The smallest absolute Gasteiger partial charge is 0.243 e. The zero-order valence-electron chi connectivity index (χ0n) is 11.1. The quantitative estimate of drug-likeness (QED) is 0.910. The molecule has 1 N–H and O–H groups in total. The Morgan fingerprint density at radius 3 is 2.37 bits per heavy atom. The van der Waals surface area contributed by atoms with Crippen LogP contribution in [-0.2, 0) is 10.0 Å². The minimum absolute atomic E-state index is 0.311. The van der Waals surface area contributed by atoms with Crippen molar-refractivity contribution >= 4 is 21.6 Å². The van der Waals surface area contributed by atoms with Crippen molar-refractivity contribution in [1.29, 1.82) is 0 Å². The minimum atomic E-state index is -3.49. The van der Waals surface area contributed by atoms with Crippen molar-refractivity contribution in [3.05, 3.63) is 28.3 Å². The Labute approximate surface area is 119 Å². The molecule has 0 aliphatic carbocycles. The summed E-state index contributed by atoms with van der Waals surface area (Å²) in [7, 11) is -3.49. The summed E-state index contributed by atoms with van der Waals surface area (Å²) >= 11 is 6.00. The summed E-state index contributed by atoms with van der Waals surface area (Å²) < 4.78 is 26.6. The molecular weight excluding hydrogens is 286 g/mol. The van der Waals surface area contributed by atoms with E-state index in [2.05, 4.69) is 0 Å². The van der Waals surface area contributed by atoms with Gasteiger partial charge in [0.05, 0.1) is 11.0 Å². The summed E-state index contributed by atoms with van der Waals surface area (Å²) in [5, 5.41) is 10.0. The number of hydrogen-bond donors (Lipinski definition) is 1. The summed E-state index contributed by atoms with van der Waals surface area (Å²) in [6.07, 6.45) is 0.592. The molecule has 0 radical (unpaired) electrons. The van der Waals surface area contributed by atoms with Gasteiger partial charge in [-0.25, -0.2) is 8.42 Å². The van der Waals surface area contributed by atoms with Crippen LogP contribution in [0.15, 0.2) is 17.0 Å². The van der Waals surface area contributed by atoms with Crippen LogP contribution in [0.1, 0.15) is 24.0 Å². The van der Waals surface area contributed by atoms with E-state index in [1.165, 1.54) is 4.31 Å². The van der Waals surface area contributed by atoms with Crippen LogP contribution in [0.3, 0.4) is 0 Å². The van der Waals surface area contributed by atoms with Crippen LogP contribution in [0.5, 0.6) is 0 Å². The Bertz CT molecular complexity index is 578. The molecule has 0 spiro atoms. The number of hydrogen-bond acceptors (Lipinski definition) is 3. The van der Waals surface area contributed by atoms with Gasteiger partial charge in [-0.2, -0.15) is 4.31 Å². The minimum Gasteiger partial charge on any atom is -0.393 e. The van der Waals surface area contributed by atoms with Gasteiger partial charge in [0.1, 0.15) is 0 Å². The number of nitrogens with zero attached hydrogens (tertiary/aromatic N) is 1. The van der Waals surface area contributed by atoms with Gasteiger partial charge in [-0.05, 0) is 49.9 Å². The summed E-state index contributed by atoms with van der Waals surface area (Å²) in [5.74, 6) is 0. The predicted octanol–water partition coefficient (Wildman–Crippen LogP) is 2.10. The lowest BCUT2D eigenvalue weighted by Gasteiger charge is -2.29. The van der Waals surface area contributed by atoms with Crippen LogP contribution in [0.25, 0.3) is 0 Å². The lowest BCUT2D eigenvalue weighted by Crippen LogP contribution is -2.40. The third-order valence-electron chi connectivity index (χ3n) is 3.50. The monoisotopic (exact) mass is 303 g/mol. The van der Waals surface area contributed by atoms with E-state index in [-0.39, 0.29) is 6.10 Å². The van der Waals surface area contributed by atoms with Crippen molar-refractivity contribution in [2.45, 2.75) is 37.7 Å². The highest BCUT2D eigenvalue weighted by Gasteiger charge is 2.30. The average Bonchev–Trinajstić information content (AvgIpc) is 2.34. The van der Waals surface area contributed by atoms with Crippen LogP contribution in [-0.4, -0.2) is 37.0 Å². The fraction of sp³-hybridized carbons (Fsp3) is 0.538. The predicted molar refractivity (Wildman–Crippen MR) is 74.9 cm³/mol. The second kappa shape index (κ2) is 5.40. The molecule has 106 valence electrons. The van der Waals surface area contributed by atoms with Crippen molar-refractivity contribution in [3.8, 4) is 0 Å². The van der Waals surface area contributed by atoms with Crippen LogP contribution in [0.2, 0.25) is 5.02 Å². The Kier molecular flexibility index (Phi) is 4.20. The summed E-state index contributed by atoms with van der Waals surface area (Å²) in [5.41, 5.74) is 1.41. The Morgan fingerprint density at radius 1 is 1.21 bits per heavy atom. The number of sulfonamides is 1. The van der Waals surface area contributed by atoms with Crippen molar-refractivity contribution in [2.24, 2.45) is 0 Å². The molecule has 4 nitrogen and oxygen atoms in total. The molecule has 0 amide bonds. The summed E-state index contributed by atoms with van der Waals surface area (Å²) in [4.78, 5) is 0.311. The van der Waals surface area contributed by atoms with Gasteiger partial charge in [-0.15, -0.1) is 0 Å². The van der Waals surface area contributed by atoms with Crippen LogP contribution in [0.4, 0.5) is 0 Å². The lowest BCUT2D eigenvalue weighted by molar-refractivity contribution is 0.113. The maximum atomic E-state index is 12.6. The maximum absolute atomic E-state index is 12.6. The molecule has 1 aliphatic heterocycles. The third kappa shape index (κ3) is 2.94. The van der Waals surface area contributed by atoms with Crippen molar-refractivity contribution in [1.82, 2.24) is 4.31 Å². The van der Waals surface area contributed by atoms with Crippen LogP contribution >= 0.6 is 11.6 Å². The van der Waals surface area contributed by atoms with E-state index in [4.69, 9.17) is 11.6 Å². The molecule has 1 aliphatic rings. The zero-order chi connectivity index (χ0) is 14.2. The van der Waals surface area contributed by atoms with Crippen molar-refractivity contribution in [3.63, 3.8) is 0 Å². The van der Waals surface area contributed by atoms with Crippen molar-refractivity contribution in [2.75, 3.05) is 13.1 Å². The SMILES string of the molecule is Cc1cc(S(=O)(=O)N2CCC(O)CC2)c(C)cc1Cl. The van der Waals surface area contributed by atoms with E-state index in [9.17, 15) is 13.5 Å². The molecule has 0 unspecified atom stereocenters. The average molecular weight is 304 g/mol. The molecule has 19 heavy (non-hydrogen) atoms. The van der Waals surface area contributed by atoms with Crippen molar-refractivity contribution < 1.29 is 13.5 Å². The number of rotatable bonds is 2. The first-order valence-corrected chi connectivity index (χ1v) is 8.09. The molecule has 6 heteroatoms. The fourth-order valence-electron chi connectivity index (χ4n) is 2.25. The van der Waals surface area contributed by atoms with Gasteiger partial charge in [-0.1, -0.05) is 11.6 Å². The Balaban J connectivity index is 2.37. The largest absolute Gasteiger partial charge is 0.393 e. The molecule has 1 fully saturated rings. The third-order valence-corrected chi connectivity index (χ3v) is 5.95. The standard InChI is InChI=1S/C13H18ClNO3S/c1-9-8-13(10(2)7-12(9)14)19(17,18)15-5-3-11(16)4-6-15/h7-8,11,16H,3-6H2,1-2H3. The topological polar surface area (TPSA) is 57.6 Å². The number of aryl methyl sites for hydroxylation is 2. The first-order chi connectivity index (χ1) is 8.82. The van der Waals surface area contributed by atoms with E-state index in [0.29, 0.717) is 41.4 Å². The Morgan fingerprint density at radius 2 is 1.79 bits per heavy atom. The van der Waals surface area contributed by atoms with E-state index in [1.54, 1.807) is 26.0 Å². The van der Waals surface area contributed by atoms with Gasteiger partial charge in [-0.3, -0.25) is 0 Å². The maximum Gasteiger partial charge on any atom is 0.243 e. The number of benzene rings is 1. The molecule has 0 atom stereocenters. The fourth-order valence-corrected chi connectivity index (χ4v) is 4.23. The number of halogens is 1. The van der Waals surface area contributed by atoms with Gasteiger partial charge in [0.15, 0.2) is 0 Å². The van der Waals surface area contributed by atoms with E-state index >= 15 is 0 Å². The van der Waals surface area contributed by atoms with Gasteiger partial charge < -0.3 is 5.11 Å². The molecule has 0 saturated carbocycles. The highest BCUT2D eigenvalue weighted by atomic mass is 35.5. The molecule has 1 aromatic carbocycles. The van der Waals surface area contributed by atoms with Gasteiger partial charge >= 0.3 is 0 Å². The van der Waals surface area contributed by atoms with E-state index in [1.807, 2.05) is 0 Å². The molecule has 0 bridgehead atoms. The highest BCUT2D eigenvalue weighted by molar-refractivity contribution is 7.89. The molecule has 2 rings (SSSR count). The molecule has 1 aromatic rings. The lowest BCUT2D eigenvalue weighted by atomic mass is 10.1. The first-order valence-electron chi connectivity index (χ1n) is 6.27. The summed E-state index contributed by atoms with van der Waals surface area (Å²) in [6, 6.07) is 3.31. The van der Waals surface area contributed by atoms with Gasteiger partial charge in [0.25, 0.3) is 0 Å². The summed E-state index contributed by atoms with van der Waals surface area (Å²) in [6.45, 7) is 4.27. The Hall–Kier alpha value is -0.620. The number of aliphatic hydroxyl groups is 1. The van der Waals surface area contributed by atoms with Gasteiger partial charge in [0, 0.05) is 18.1 Å². The molecule has 0 aromatic heterocycles. The van der Waals surface area contributed by atoms with E-state index in [0.717, 1.165) is 5.56 Å². The molecular formula is C13H18ClNO3S. The molecule has 1 heterocycles. The normalized spacial score (nSPS) is 18.7. The highest BCUT2D eigenvalue weighted by Crippen LogP contribution is 2.27. The second-order valence-electron chi connectivity index (χ2n) is 5.00.